The maximum absolute atomic E-state index is 12.9. The van der Waals surface area contributed by atoms with Crippen LogP contribution in [0.4, 0.5) is 11.4 Å². The third-order valence-electron chi connectivity index (χ3n) is 4.98. The molecule has 8 nitrogen and oxygen atoms in total. The topological polar surface area (TPSA) is 101 Å². The van der Waals surface area contributed by atoms with Gasteiger partial charge >= 0.3 is 5.97 Å². The van der Waals surface area contributed by atoms with Gasteiger partial charge in [0.15, 0.2) is 6.10 Å². The Morgan fingerprint density at radius 2 is 1.77 bits per heavy atom. The van der Waals surface area contributed by atoms with E-state index < -0.39 is 18.0 Å². The molecule has 0 saturated carbocycles. The standard InChI is InChI=1S/C22H20N4O4/c1-12-13(2)24-18-10-15(8-9-16(18)23-12)22(29)30-14(3)21(28)26-11-20(27)25-17-6-4-5-7-19(17)26/h4-10,14H,11H2,1-3H3,(H,25,27)/t14-/m0/s1. The molecule has 1 N–H and O–H groups in total. The van der Waals surface area contributed by atoms with Crippen molar-refractivity contribution in [1.29, 1.82) is 0 Å². The van der Waals surface area contributed by atoms with E-state index in [9.17, 15) is 14.4 Å². The van der Waals surface area contributed by atoms with Gasteiger partial charge < -0.3 is 10.1 Å². The number of rotatable bonds is 3. The summed E-state index contributed by atoms with van der Waals surface area (Å²) in [5.74, 6) is -1.43. The molecule has 152 valence electrons. The number of carbonyl (C=O) groups excluding carboxylic acids is 3. The summed E-state index contributed by atoms with van der Waals surface area (Å²) in [4.78, 5) is 47.7. The third-order valence-corrected chi connectivity index (χ3v) is 4.98. The van der Waals surface area contributed by atoms with Crippen LogP contribution in [0.3, 0.4) is 0 Å². The van der Waals surface area contributed by atoms with Crippen molar-refractivity contribution in [2.75, 3.05) is 16.8 Å². The van der Waals surface area contributed by atoms with Crippen LogP contribution < -0.4 is 10.2 Å². The lowest BCUT2D eigenvalue weighted by atomic mass is 10.1. The fraction of sp³-hybridized carbons (Fsp3) is 0.227. The van der Waals surface area contributed by atoms with E-state index in [0.29, 0.717) is 22.4 Å². The van der Waals surface area contributed by atoms with Crippen molar-refractivity contribution in [2.24, 2.45) is 0 Å². The summed E-state index contributed by atoms with van der Waals surface area (Å²) in [5.41, 5.74) is 4.23. The molecule has 1 aromatic heterocycles. The third kappa shape index (κ3) is 3.59. The van der Waals surface area contributed by atoms with Crippen LogP contribution in [0.25, 0.3) is 11.0 Å². The number of fused-ring (bicyclic) bond motifs is 2. The fourth-order valence-corrected chi connectivity index (χ4v) is 3.29. The van der Waals surface area contributed by atoms with Crippen LogP contribution in [0.1, 0.15) is 28.7 Å². The van der Waals surface area contributed by atoms with Crippen LogP contribution in [0.15, 0.2) is 42.5 Å². The summed E-state index contributed by atoms with van der Waals surface area (Å²) in [6.07, 6.45) is -1.07. The largest absolute Gasteiger partial charge is 0.449 e. The first kappa shape index (κ1) is 19.5. The van der Waals surface area contributed by atoms with Gasteiger partial charge in [0.25, 0.3) is 5.91 Å². The molecule has 8 heteroatoms. The summed E-state index contributed by atoms with van der Waals surface area (Å²) in [5, 5.41) is 2.72. The zero-order valence-electron chi connectivity index (χ0n) is 16.8. The van der Waals surface area contributed by atoms with E-state index in [1.165, 1.54) is 11.8 Å². The average molecular weight is 404 g/mol. The molecule has 0 fully saturated rings. The number of nitrogens with zero attached hydrogens (tertiary/aromatic N) is 3. The summed E-state index contributed by atoms with van der Waals surface area (Å²) in [6.45, 7) is 5.07. The molecule has 1 aliphatic heterocycles. The zero-order valence-corrected chi connectivity index (χ0v) is 16.8. The highest BCUT2D eigenvalue weighted by Gasteiger charge is 2.31. The molecule has 1 atom stereocenters. The van der Waals surface area contributed by atoms with Crippen LogP contribution in [0.5, 0.6) is 0 Å². The van der Waals surface area contributed by atoms with E-state index in [1.54, 1.807) is 42.5 Å². The van der Waals surface area contributed by atoms with Crippen molar-refractivity contribution in [3.05, 3.63) is 59.4 Å². The molecule has 2 aromatic carbocycles. The van der Waals surface area contributed by atoms with E-state index in [-0.39, 0.29) is 18.0 Å². The number of anilines is 2. The quantitative estimate of drug-likeness (QED) is 0.674. The van der Waals surface area contributed by atoms with Crippen molar-refractivity contribution < 1.29 is 19.1 Å². The molecule has 2 amide bonds. The minimum atomic E-state index is -1.07. The smallest absolute Gasteiger partial charge is 0.338 e. The number of benzene rings is 2. The first-order chi connectivity index (χ1) is 14.3. The van der Waals surface area contributed by atoms with E-state index in [1.807, 2.05) is 13.8 Å². The number of amides is 2. The van der Waals surface area contributed by atoms with Crippen molar-refractivity contribution in [3.63, 3.8) is 0 Å². The Hall–Kier alpha value is -3.81. The number of esters is 1. The van der Waals surface area contributed by atoms with Gasteiger partial charge in [0, 0.05) is 0 Å². The van der Waals surface area contributed by atoms with Crippen molar-refractivity contribution in [1.82, 2.24) is 9.97 Å². The molecule has 0 saturated heterocycles. The Labute approximate surface area is 172 Å². The molecule has 0 unspecified atom stereocenters. The minimum Gasteiger partial charge on any atom is -0.449 e. The highest BCUT2D eigenvalue weighted by Crippen LogP contribution is 2.29. The average Bonchev–Trinajstić information content (AvgIpc) is 2.73. The number of hydrogen-bond donors (Lipinski definition) is 1. The number of carbonyl (C=O) groups is 3. The first-order valence-corrected chi connectivity index (χ1v) is 9.50. The number of ether oxygens (including phenoxy) is 1. The van der Waals surface area contributed by atoms with Crippen LogP contribution in [-0.2, 0) is 14.3 Å². The van der Waals surface area contributed by atoms with Crippen LogP contribution >= 0.6 is 0 Å². The molecule has 0 aliphatic carbocycles. The lowest BCUT2D eigenvalue weighted by molar-refractivity contribution is -0.128. The number of aromatic nitrogens is 2. The molecular weight excluding hydrogens is 384 g/mol. The molecule has 0 spiro atoms. The molecule has 4 rings (SSSR count). The molecule has 0 radical (unpaired) electrons. The molecule has 2 heterocycles. The maximum Gasteiger partial charge on any atom is 0.338 e. The number of hydrogen-bond acceptors (Lipinski definition) is 6. The van der Waals surface area contributed by atoms with E-state index in [0.717, 1.165) is 11.4 Å². The second kappa shape index (κ2) is 7.55. The Balaban J connectivity index is 1.54. The van der Waals surface area contributed by atoms with Gasteiger partial charge in [-0.25, -0.2) is 14.8 Å². The molecular formula is C22H20N4O4. The molecule has 3 aromatic rings. The lowest BCUT2D eigenvalue weighted by Crippen LogP contribution is -2.47. The number of aryl methyl sites for hydroxylation is 2. The lowest BCUT2D eigenvalue weighted by Gasteiger charge is -2.30. The Bertz CT molecular complexity index is 1190. The second-order valence-corrected chi connectivity index (χ2v) is 7.14. The van der Waals surface area contributed by atoms with E-state index in [4.69, 9.17) is 4.74 Å². The van der Waals surface area contributed by atoms with Crippen molar-refractivity contribution >= 4 is 40.2 Å². The van der Waals surface area contributed by atoms with Crippen molar-refractivity contribution in [2.45, 2.75) is 26.9 Å². The van der Waals surface area contributed by atoms with Gasteiger partial charge in [-0.2, -0.15) is 0 Å². The Morgan fingerprint density at radius 1 is 1.07 bits per heavy atom. The summed E-state index contributed by atoms with van der Waals surface area (Å²) >= 11 is 0. The van der Waals surface area contributed by atoms with Gasteiger partial charge in [-0.15, -0.1) is 0 Å². The molecule has 30 heavy (non-hydrogen) atoms. The summed E-state index contributed by atoms with van der Waals surface area (Å²) in [7, 11) is 0. The predicted molar refractivity (Wildman–Crippen MR) is 111 cm³/mol. The van der Waals surface area contributed by atoms with Gasteiger partial charge in [0.2, 0.25) is 5.91 Å². The van der Waals surface area contributed by atoms with Crippen LogP contribution in [0.2, 0.25) is 0 Å². The normalized spacial score (nSPS) is 14.1. The van der Waals surface area contributed by atoms with Crippen LogP contribution in [0, 0.1) is 13.8 Å². The van der Waals surface area contributed by atoms with Gasteiger partial charge in [-0.3, -0.25) is 14.5 Å². The SMILES string of the molecule is Cc1nc2ccc(C(=O)O[C@@H](C)C(=O)N3CC(=O)Nc4ccccc43)cc2nc1C. The highest BCUT2D eigenvalue weighted by molar-refractivity contribution is 6.11. The Morgan fingerprint density at radius 3 is 2.53 bits per heavy atom. The number of nitrogens with one attached hydrogen (secondary N) is 1. The van der Waals surface area contributed by atoms with E-state index >= 15 is 0 Å². The van der Waals surface area contributed by atoms with Crippen LogP contribution in [-0.4, -0.2) is 40.4 Å². The van der Waals surface area contributed by atoms with Crippen molar-refractivity contribution in [3.8, 4) is 0 Å². The van der Waals surface area contributed by atoms with Gasteiger partial charge in [-0.05, 0) is 51.1 Å². The number of para-hydroxylation sites is 2. The van der Waals surface area contributed by atoms with Gasteiger partial charge in [0.1, 0.15) is 6.54 Å². The fourth-order valence-electron chi connectivity index (χ4n) is 3.29. The second-order valence-electron chi connectivity index (χ2n) is 7.14. The monoisotopic (exact) mass is 404 g/mol. The van der Waals surface area contributed by atoms with Gasteiger partial charge in [0.05, 0.1) is 39.4 Å². The Kier molecular flexibility index (Phi) is 4.91. The highest BCUT2D eigenvalue weighted by atomic mass is 16.5. The predicted octanol–water partition coefficient (Wildman–Crippen LogP) is 2.78. The van der Waals surface area contributed by atoms with E-state index in [2.05, 4.69) is 15.3 Å². The molecule has 0 bridgehead atoms. The maximum atomic E-state index is 12.9. The first-order valence-electron chi connectivity index (χ1n) is 9.50. The van der Waals surface area contributed by atoms with Gasteiger partial charge in [-0.1, -0.05) is 12.1 Å². The summed E-state index contributed by atoms with van der Waals surface area (Å²) in [6, 6.07) is 11.9. The zero-order chi connectivity index (χ0) is 21.4. The minimum absolute atomic E-state index is 0.137. The molecule has 1 aliphatic rings. The summed E-state index contributed by atoms with van der Waals surface area (Å²) < 4.78 is 5.39.